The van der Waals surface area contributed by atoms with Gasteiger partial charge in [-0.05, 0) is 30.0 Å². The highest BCUT2D eigenvalue weighted by Crippen LogP contribution is 2.26. The van der Waals surface area contributed by atoms with Crippen molar-refractivity contribution >= 4 is 0 Å². The van der Waals surface area contributed by atoms with Crippen LogP contribution in [0.5, 0.6) is 5.75 Å². The molecule has 0 heterocycles. The molecule has 108 valence electrons. The van der Waals surface area contributed by atoms with Crippen molar-refractivity contribution in [2.75, 3.05) is 0 Å². The minimum atomic E-state index is -4.71. The van der Waals surface area contributed by atoms with E-state index in [1.807, 2.05) is 13.8 Å². The summed E-state index contributed by atoms with van der Waals surface area (Å²) >= 11 is 0. The summed E-state index contributed by atoms with van der Waals surface area (Å²) in [6.07, 6.45) is -4.99. The smallest absolute Gasteiger partial charge is 0.406 e. The van der Waals surface area contributed by atoms with Crippen LogP contribution in [0, 0.1) is 5.92 Å². The SMILES string of the molecule is CC(C)CC(N)C(O)c1ccc(OC(F)(F)F)cc1. The molecule has 3 nitrogen and oxygen atoms in total. The first-order chi connectivity index (χ1) is 8.69. The molecule has 0 bridgehead atoms. The van der Waals surface area contributed by atoms with Crippen molar-refractivity contribution in [3.05, 3.63) is 29.8 Å². The monoisotopic (exact) mass is 277 g/mol. The number of halogens is 3. The minimum Gasteiger partial charge on any atom is -0.406 e. The molecule has 0 saturated carbocycles. The van der Waals surface area contributed by atoms with Crippen molar-refractivity contribution in [2.45, 2.75) is 38.8 Å². The summed E-state index contributed by atoms with van der Waals surface area (Å²) in [5.74, 6) is 0.0124. The second-order valence-electron chi connectivity index (χ2n) is 4.86. The Balaban J connectivity index is 2.70. The molecule has 0 radical (unpaired) electrons. The van der Waals surface area contributed by atoms with E-state index in [4.69, 9.17) is 5.73 Å². The third-order valence-corrected chi connectivity index (χ3v) is 2.60. The van der Waals surface area contributed by atoms with Crippen LogP contribution < -0.4 is 10.5 Å². The average molecular weight is 277 g/mol. The van der Waals surface area contributed by atoms with Gasteiger partial charge in [-0.1, -0.05) is 26.0 Å². The van der Waals surface area contributed by atoms with E-state index >= 15 is 0 Å². The number of alkyl halides is 3. The molecular formula is C13H18F3NO2. The fourth-order valence-electron chi connectivity index (χ4n) is 1.79. The second-order valence-corrected chi connectivity index (χ2v) is 4.86. The predicted molar refractivity (Wildman–Crippen MR) is 65.5 cm³/mol. The lowest BCUT2D eigenvalue weighted by atomic mass is 9.95. The number of ether oxygens (including phenoxy) is 1. The zero-order valence-electron chi connectivity index (χ0n) is 10.8. The molecule has 0 aliphatic rings. The first kappa shape index (κ1) is 15.8. The molecule has 0 saturated heterocycles. The standard InChI is InChI=1S/C13H18F3NO2/c1-8(2)7-11(17)12(18)9-3-5-10(6-4-9)19-13(14,15)16/h3-6,8,11-12,18H,7,17H2,1-2H3. The summed E-state index contributed by atoms with van der Waals surface area (Å²) in [5, 5.41) is 9.97. The Hall–Kier alpha value is -1.27. The maximum absolute atomic E-state index is 12.0. The molecule has 0 amide bonds. The van der Waals surface area contributed by atoms with Crippen LogP contribution in [0.4, 0.5) is 13.2 Å². The zero-order valence-corrected chi connectivity index (χ0v) is 10.8. The van der Waals surface area contributed by atoms with Crippen molar-refractivity contribution in [2.24, 2.45) is 11.7 Å². The summed E-state index contributed by atoms with van der Waals surface area (Å²) in [4.78, 5) is 0. The fourth-order valence-corrected chi connectivity index (χ4v) is 1.79. The van der Waals surface area contributed by atoms with E-state index in [0.717, 1.165) is 12.1 Å². The van der Waals surface area contributed by atoms with Crippen LogP contribution in [-0.4, -0.2) is 17.5 Å². The number of hydrogen-bond acceptors (Lipinski definition) is 3. The first-order valence-corrected chi connectivity index (χ1v) is 5.98. The van der Waals surface area contributed by atoms with Crippen LogP contribution in [0.15, 0.2) is 24.3 Å². The van der Waals surface area contributed by atoms with E-state index < -0.39 is 18.5 Å². The molecule has 2 unspecified atom stereocenters. The summed E-state index contributed by atoms with van der Waals surface area (Å²) in [5.41, 5.74) is 6.30. The van der Waals surface area contributed by atoms with Crippen molar-refractivity contribution < 1.29 is 23.0 Å². The number of rotatable bonds is 5. The minimum absolute atomic E-state index is 0.319. The van der Waals surface area contributed by atoms with E-state index in [1.54, 1.807) is 0 Å². The molecule has 6 heteroatoms. The molecule has 3 N–H and O–H groups in total. The summed E-state index contributed by atoms with van der Waals surface area (Å²) < 4.78 is 39.7. The Morgan fingerprint density at radius 2 is 1.74 bits per heavy atom. The predicted octanol–water partition coefficient (Wildman–Crippen LogP) is 2.99. The Bertz CT molecular complexity index is 390. The molecule has 19 heavy (non-hydrogen) atoms. The molecule has 0 aliphatic carbocycles. The average Bonchev–Trinajstić information content (AvgIpc) is 2.26. The van der Waals surface area contributed by atoms with Gasteiger partial charge in [0, 0.05) is 6.04 Å². The topological polar surface area (TPSA) is 55.5 Å². The van der Waals surface area contributed by atoms with Gasteiger partial charge in [-0.15, -0.1) is 13.2 Å². The molecular weight excluding hydrogens is 259 g/mol. The number of aliphatic hydroxyl groups is 1. The number of benzene rings is 1. The number of aliphatic hydroxyl groups excluding tert-OH is 1. The maximum Gasteiger partial charge on any atom is 0.573 e. The Labute approximate surface area is 110 Å². The van der Waals surface area contributed by atoms with E-state index in [2.05, 4.69) is 4.74 Å². The Morgan fingerprint density at radius 1 is 1.21 bits per heavy atom. The molecule has 1 rings (SSSR count). The second kappa shape index (κ2) is 6.25. The van der Waals surface area contributed by atoms with Gasteiger partial charge in [0.15, 0.2) is 0 Å². The third-order valence-electron chi connectivity index (χ3n) is 2.60. The van der Waals surface area contributed by atoms with Crippen LogP contribution in [0.3, 0.4) is 0 Å². The maximum atomic E-state index is 12.0. The van der Waals surface area contributed by atoms with E-state index in [-0.39, 0.29) is 5.75 Å². The highest BCUT2D eigenvalue weighted by Gasteiger charge is 2.31. The third kappa shape index (κ3) is 5.48. The van der Waals surface area contributed by atoms with E-state index in [1.165, 1.54) is 12.1 Å². The molecule has 0 aromatic heterocycles. The summed E-state index contributed by atoms with van der Waals surface area (Å²) in [6.45, 7) is 3.96. The molecule has 0 aliphatic heterocycles. The van der Waals surface area contributed by atoms with Crippen molar-refractivity contribution in [1.82, 2.24) is 0 Å². The number of nitrogens with two attached hydrogens (primary N) is 1. The van der Waals surface area contributed by atoms with Gasteiger partial charge < -0.3 is 15.6 Å². The normalized spacial score (nSPS) is 15.4. The van der Waals surface area contributed by atoms with Crippen molar-refractivity contribution in [1.29, 1.82) is 0 Å². The van der Waals surface area contributed by atoms with Crippen molar-refractivity contribution in [3.8, 4) is 5.75 Å². The largest absolute Gasteiger partial charge is 0.573 e. The quantitative estimate of drug-likeness (QED) is 0.870. The zero-order chi connectivity index (χ0) is 14.6. The van der Waals surface area contributed by atoms with Gasteiger partial charge in [0.05, 0.1) is 6.10 Å². The highest BCUT2D eigenvalue weighted by atomic mass is 19.4. The van der Waals surface area contributed by atoms with Crippen LogP contribution >= 0.6 is 0 Å². The lowest BCUT2D eigenvalue weighted by Gasteiger charge is -2.21. The lowest BCUT2D eigenvalue weighted by Crippen LogP contribution is -2.29. The Kier molecular flexibility index (Phi) is 5.20. The van der Waals surface area contributed by atoms with Gasteiger partial charge >= 0.3 is 6.36 Å². The van der Waals surface area contributed by atoms with Crippen LogP contribution in [0.25, 0.3) is 0 Å². The summed E-state index contributed by atoms with van der Waals surface area (Å²) in [7, 11) is 0. The molecule has 0 fully saturated rings. The van der Waals surface area contributed by atoms with E-state index in [0.29, 0.717) is 17.9 Å². The van der Waals surface area contributed by atoms with Gasteiger partial charge in [-0.3, -0.25) is 0 Å². The van der Waals surface area contributed by atoms with Crippen LogP contribution in [0.2, 0.25) is 0 Å². The molecule has 2 atom stereocenters. The highest BCUT2D eigenvalue weighted by molar-refractivity contribution is 5.29. The van der Waals surface area contributed by atoms with Gasteiger partial charge in [0.25, 0.3) is 0 Å². The van der Waals surface area contributed by atoms with Crippen LogP contribution in [0.1, 0.15) is 31.9 Å². The van der Waals surface area contributed by atoms with Gasteiger partial charge in [0.1, 0.15) is 5.75 Å². The molecule has 1 aromatic carbocycles. The van der Waals surface area contributed by atoms with Crippen LogP contribution in [-0.2, 0) is 0 Å². The Morgan fingerprint density at radius 3 is 2.16 bits per heavy atom. The summed E-state index contributed by atoms with van der Waals surface area (Å²) in [6, 6.07) is 4.63. The van der Waals surface area contributed by atoms with Crippen molar-refractivity contribution in [3.63, 3.8) is 0 Å². The molecule has 1 aromatic rings. The van der Waals surface area contributed by atoms with Gasteiger partial charge in [0.2, 0.25) is 0 Å². The number of hydrogen-bond donors (Lipinski definition) is 2. The lowest BCUT2D eigenvalue weighted by molar-refractivity contribution is -0.274. The van der Waals surface area contributed by atoms with Gasteiger partial charge in [-0.2, -0.15) is 0 Å². The molecule has 0 spiro atoms. The van der Waals surface area contributed by atoms with E-state index in [9.17, 15) is 18.3 Å². The van der Waals surface area contributed by atoms with Gasteiger partial charge in [-0.25, -0.2) is 0 Å². The first-order valence-electron chi connectivity index (χ1n) is 5.98. The fraction of sp³-hybridized carbons (Fsp3) is 0.538.